The molecule has 2 atom stereocenters. The third-order valence-corrected chi connectivity index (χ3v) is 4.26. The van der Waals surface area contributed by atoms with Crippen LogP contribution >= 0.6 is 0 Å². The lowest BCUT2D eigenvalue weighted by molar-refractivity contribution is 0.218. The third kappa shape index (κ3) is 8.93. The van der Waals surface area contributed by atoms with Crippen molar-refractivity contribution in [2.24, 2.45) is 17.2 Å². The summed E-state index contributed by atoms with van der Waals surface area (Å²) in [6, 6.07) is 0.491. The molecule has 0 aromatic rings. The molecule has 0 aliphatic heterocycles. The van der Waals surface area contributed by atoms with Crippen molar-refractivity contribution in [3.8, 4) is 0 Å². The van der Waals surface area contributed by atoms with Crippen LogP contribution in [-0.2, 0) is 0 Å². The van der Waals surface area contributed by atoms with E-state index >= 15 is 0 Å². The van der Waals surface area contributed by atoms with Crippen LogP contribution in [0.1, 0.15) is 86.0 Å². The number of nitrogens with one attached hydrogen (secondary N) is 1. The highest BCUT2D eigenvalue weighted by molar-refractivity contribution is 4.76. The second-order valence-corrected chi connectivity index (χ2v) is 6.92. The van der Waals surface area contributed by atoms with Crippen LogP contribution in [0.25, 0.3) is 0 Å². The number of hydrazine groups is 1. The molecule has 0 fully saturated rings. The Labute approximate surface area is 115 Å². The van der Waals surface area contributed by atoms with Crippen molar-refractivity contribution in [2.75, 3.05) is 0 Å². The number of hydrogen-bond acceptors (Lipinski definition) is 2. The average Bonchev–Trinajstić information content (AvgIpc) is 2.30. The zero-order valence-electron chi connectivity index (χ0n) is 13.4. The normalized spacial score (nSPS) is 15.7. The molecule has 0 saturated carbocycles. The molecule has 0 heterocycles. The molecule has 18 heavy (non-hydrogen) atoms. The topological polar surface area (TPSA) is 38.0 Å². The second-order valence-electron chi connectivity index (χ2n) is 6.92. The summed E-state index contributed by atoms with van der Waals surface area (Å²) in [4.78, 5) is 0. The molecular formula is C16H36N2. The van der Waals surface area contributed by atoms with E-state index in [1.807, 2.05) is 0 Å². The smallest absolute Gasteiger partial charge is 0.0213 e. The monoisotopic (exact) mass is 256 g/mol. The summed E-state index contributed by atoms with van der Waals surface area (Å²) in [6.07, 6.45) is 10.6. The maximum absolute atomic E-state index is 5.68. The Balaban J connectivity index is 3.71. The predicted molar refractivity (Wildman–Crippen MR) is 82.3 cm³/mol. The van der Waals surface area contributed by atoms with Crippen LogP contribution in [0.15, 0.2) is 0 Å². The van der Waals surface area contributed by atoms with Gasteiger partial charge in [-0.1, -0.05) is 73.1 Å². The maximum atomic E-state index is 5.68. The first kappa shape index (κ1) is 17.9. The van der Waals surface area contributed by atoms with Gasteiger partial charge in [0, 0.05) is 6.04 Å². The standard InChI is InChI=1S/C16H36N2/c1-6-7-8-9-10-11-12-15(18-17)13-14(2)16(3,4)5/h14-15,18H,6-13,17H2,1-5H3. The molecular weight excluding hydrogens is 220 g/mol. The average molecular weight is 256 g/mol. The van der Waals surface area contributed by atoms with Gasteiger partial charge in [0.2, 0.25) is 0 Å². The van der Waals surface area contributed by atoms with Crippen molar-refractivity contribution in [1.29, 1.82) is 0 Å². The Kier molecular flexibility index (Phi) is 9.76. The van der Waals surface area contributed by atoms with Crippen LogP contribution in [0.4, 0.5) is 0 Å². The summed E-state index contributed by atoms with van der Waals surface area (Å²) in [7, 11) is 0. The highest BCUT2D eigenvalue weighted by Gasteiger charge is 2.22. The molecule has 0 aromatic carbocycles. The van der Waals surface area contributed by atoms with Crippen LogP contribution in [0.2, 0.25) is 0 Å². The van der Waals surface area contributed by atoms with Crippen molar-refractivity contribution >= 4 is 0 Å². The van der Waals surface area contributed by atoms with E-state index in [1.54, 1.807) is 0 Å². The van der Waals surface area contributed by atoms with Crippen molar-refractivity contribution < 1.29 is 0 Å². The van der Waals surface area contributed by atoms with E-state index in [1.165, 1.54) is 51.4 Å². The molecule has 0 bridgehead atoms. The maximum Gasteiger partial charge on any atom is 0.0213 e. The van der Waals surface area contributed by atoms with Gasteiger partial charge in [0.05, 0.1) is 0 Å². The summed E-state index contributed by atoms with van der Waals surface area (Å²) >= 11 is 0. The van der Waals surface area contributed by atoms with Crippen LogP contribution in [0, 0.1) is 11.3 Å². The fourth-order valence-corrected chi connectivity index (χ4v) is 2.22. The molecule has 0 aliphatic carbocycles. The highest BCUT2D eigenvalue weighted by Crippen LogP contribution is 2.29. The Morgan fingerprint density at radius 3 is 2.06 bits per heavy atom. The summed E-state index contributed by atoms with van der Waals surface area (Å²) in [6.45, 7) is 11.6. The molecule has 0 aliphatic rings. The molecule has 0 amide bonds. The Hall–Kier alpha value is -0.0800. The number of hydrogen-bond donors (Lipinski definition) is 2. The van der Waals surface area contributed by atoms with E-state index in [0.29, 0.717) is 17.4 Å². The van der Waals surface area contributed by atoms with Crippen LogP contribution in [0.3, 0.4) is 0 Å². The Morgan fingerprint density at radius 1 is 1.00 bits per heavy atom. The minimum absolute atomic E-state index is 0.385. The van der Waals surface area contributed by atoms with Crippen molar-refractivity contribution in [2.45, 2.75) is 92.0 Å². The van der Waals surface area contributed by atoms with Gasteiger partial charge >= 0.3 is 0 Å². The van der Waals surface area contributed by atoms with Crippen LogP contribution in [0.5, 0.6) is 0 Å². The summed E-state index contributed by atoms with van der Waals surface area (Å²) < 4.78 is 0. The van der Waals surface area contributed by atoms with Crippen molar-refractivity contribution in [1.82, 2.24) is 5.43 Å². The SMILES string of the molecule is CCCCCCCCC(CC(C)C(C)(C)C)NN. The van der Waals surface area contributed by atoms with E-state index < -0.39 is 0 Å². The van der Waals surface area contributed by atoms with Gasteiger partial charge in [0.15, 0.2) is 0 Å². The van der Waals surface area contributed by atoms with E-state index in [9.17, 15) is 0 Å². The Morgan fingerprint density at radius 2 is 1.56 bits per heavy atom. The van der Waals surface area contributed by atoms with Crippen molar-refractivity contribution in [3.05, 3.63) is 0 Å². The van der Waals surface area contributed by atoms with E-state index in [-0.39, 0.29) is 0 Å². The number of unbranched alkanes of at least 4 members (excludes halogenated alkanes) is 5. The third-order valence-electron chi connectivity index (χ3n) is 4.26. The first-order chi connectivity index (χ1) is 8.41. The first-order valence-corrected chi connectivity index (χ1v) is 7.88. The van der Waals surface area contributed by atoms with Gasteiger partial charge in [0.25, 0.3) is 0 Å². The zero-order valence-corrected chi connectivity index (χ0v) is 13.4. The molecule has 3 N–H and O–H groups in total. The lowest BCUT2D eigenvalue weighted by Crippen LogP contribution is -2.38. The van der Waals surface area contributed by atoms with Gasteiger partial charge in [-0.2, -0.15) is 0 Å². The largest absolute Gasteiger partial charge is 0.271 e. The summed E-state index contributed by atoms with van der Waals surface area (Å²) in [5.74, 6) is 6.38. The van der Waals surface area contributed by atoms with Crippen LogP contribution < -0.4 is 11.3 Å². The molecule has 110 valence electrons. The molecule has 0 saturated heterocycles. The molecule has 2 nitrogen and oxygen atoms in total. The fourth-order valence-electron chi connectivity index (χ4n) is 2.22. The number of rotatable bonds is 10. The Bertz CT molecular complexity index is 184. The van der Waals surface area contributed by atoms with Crippen molar-refractivity contribution in [3.63, 3.8) is 0 Å². The molecule has 0 aromatic heterocycles. The lowest BCUT2D eigenvalue weighted by Gasteiger charge is -2.30. The molecule has 0 radical (unpaired) electrons. The summed E-state index contributed by atoms with van der Waals surface area (Å²) in [5.41, 5.74) is 3.39. The van der Waals surface area contributed by atoms with Gasteiger partial charge in [-0.05, 0) is 24.2 Å². The van der Waals surface area contributed by atoms with Crippen LogP contribution in [-0.4, -0.2) is 6.04 Å². The molecule has 0 spiro atoms. The quantitative estimate of drug-likeness (QED) is 0.339. The highest BCUT2D eigenvalue weighted by atomic mass is 15.2. The van der Waals surface area contributed by atoms with Gasteiger partial charge in [0.1, 0.15) is 0 Å². The lowest BCUT2D eigenvalue weighted by atomic mass is 9.78. The van der Waals surface area contributed by atoms with E-state index in [2.05, 4.69) is 40.0 Å². The minimum atomic E-state index is 0.385. The molecule has 2 unspecified atom stereocenters. The molecule has 0 rings (SSSR count). The van der Waals surface area contributed by atoms with Gasteiger partial charge in [-0.3, -0.25) is 11.3 Å². The first-order valence-electron chi connectivity index (χ1n) is 7.88. The minimum Gasteiger partial charge on any atom is -0.271 e. The summed E-state index contributed by atoms with van der Waals surface area (Å²) in [5, 5.41) is 0. The van der Waals surface area contributed by atoms with Gasteiger partial charge in [-0.15, -0.1) is 0 Å². The second kappa shape index (κ2) is 9.80. The van der Waals surface area contributed by atoms with Gasteiger partial charge < -0.3 is 0 Å². The number of nitrogens with two attached hydrogens (primary N) is 1. The molecule has 2 heteroatoms. The van der Waals surface area contributed by atoms with E-state index in [0.717, 1.165) is 0 Å². The van der Waals surface area contributed by atoms with Gasteiger partial charge in [-0.25, -0.2) is 0 Å². The van der Waals surface area contributed by atoms with E-state index in [4.69, 9.17) is 5.84 Å². The fraction of sp³-hybridized carbons (Fsp3) is 1.00. The zero-order chi connectivity index (χ0) is 14.0. The predicted octanol–water partition coefficient (Wildman–Crippen LogP) is 4.64.